The molecule has 2 rings (SSSR count). The van der Waals surface area contributed by atoms with E-state index < -0.39 is 11.7 Å². The predicted molar refractivity (Wildman–Crippen MR) is 61.5 cm³/mol. The summed E-state index contributed by atoms with van der Waals surface area (Å²) in [6.07, 6.45) is -1.70. The molecule has 1 N–H and O–H groups in total. The lowest BCUT2D eigenvalue weighted by molar-refractivity contribution is -0.137. The van der Waals surface area contributed by atoms with E-state index in [0.29, 0.717) is 5.82 Å². The molecule has 6 heteroatoms. The summed E-state index contributed by atoms with van der Waals surface area (Å²) in [6.45, 7) is 1.81. The third-order valence-electron chi connectivity index (χ3n) is 2.34. The van der Waals surface area contributed by atoms with Crippen LogP contribution in [0, 0.1) is 6.92 Å². The number of hydrogen-bond acceptors (Lipinski definition) is 3. The minimum Gasteiger partial charge on any atom is -0.325 e. The summed E-state index contributed by atoms with van der Waals surface area (Å²) in [6, 6.07) is 5.44. The second-order valence-electron chi connectivity index (χ2n) is 3.72. The normalized spacial score (nSPS) is 11.3. The Balaban J connectivity index is 2.28. The molecule has 0 saturated heterocycles. The Morgan fingerprint density at radius 3 is 2.56 bits per heavy atom. The summed E-state index contributed by atoms with van der Waals surface area (Å²) in [5.41, 5.74) is 0.0882. The van der Waals surface area contributed by atoms with Gasteiger partial charge in [0.15, 0.2) is 0 Å². The van der Waals surface area contributed by atoms with Crippen LogP contribution in [0.1, 0.15) is 11.1 Å². The van der Waals surface area contributed by atoms with E-state index >= 15 is 0 Å². The molecule has 94 valence electrons. The summed E-state index contributed by atoms with van der Waals surface area (Å²) in [7, 11) is 0. The number of aromatic nitrogens is 2. The van der Waals surface area contributed by atoms with Crippen LogP contribution < -0.4 is 5.32 Å². The Hall–Kier alpha value is -2.11. The van der Waals surface area contributed by atoms with Crippen molar-refractivity contribution in [3.05, 3.63) is 47.8 Å². The second-order valence-corrected chi connectivity index (χ2v) is 3.72. The van der Waals surface area contributed by atoms with Crippen LogP contribution in [0.4, 0.5) is 24.8 Å². The first-order valence-electron chi connectivity index (χ1n) is 5.19. The van der Waals surface area contributed by atoms with Crippen molar-refractivity contribution in [2.24, 2.45) is 0 Å². The van der Waals surface area contributed by atoms with Crippen LogP contribution in [-0.2, 0) is 6.18 Å². The summed E-state index contributed by atoms with van der Waals surface area (Å²) in [4.78, 5) is 7.87. The molecule has 2 heterocycles. The Labute approximate surface area is 102 Å². The van der Waals surface area contributed by atoms with Crippen molar-refractivity contribution in [3.63, 3.8) is 0 Å². The maximum absolute atomic E-state index is 12.5. The van der Waals surface area contributed by atoms with E-state index in [1.807, 2.05) is 13.0 Å². The van der Waals surface area contributed by atoms with Crippen molar-refractivity contribution >= 4 is 11.6 Å². The van der Waals surface area contributed by atoms with Gasteiger partial charge in [0, 0.05) is 12.4 Å². The van der Waals surface area contributed by atoms with E-state index in [4.69, 9.17) is 0 Å². The number of alkyl halides is 3. The van der Waals surface area contributed by atoms with Crippen LogP contribution in [-0.4, -0.2) is 9.97 Å². The van der Waals surface area contributed by atoms with E-state index in [1.54, 1.807) is 12.3 Å². The molecule has 0 atom stereocenters. The van der Waals surface area contributed by atoms with E-state index in [2.05, 4.69) is 15.3 Å². The SMILES string of the molecule is Cc1cccnc1Nc1cc(C(F)(F)F)ccn1. The van der Waals surface area contributed by atoms with Gasteiger partial charge < -0.3 is 5.32 Å². The molecule has 0 unspecified atom stereocenters. The summed E-state index contributed by atoms with van der Waals surface area (Å²) in [5, 5.41) is 2.76. The van der Waals surface area contributed by atoms with Crippen LogP contribution in [0.15, 0.2) is 36.7 Å². The number of nitrogens with zero attached hydrogens (tertiary/aromatic N) is 2. The Kier molecular flexibility index (Phi) is 3.18. The molecule has 0 aliphatic rings. The maximum atomic E-state index is 12.5. The molecule has 0 aliphatic carbocycles. The van der Waals surface area contributed by atoms with Gasteiger partial charge in [0.25, 0.3) is 0 Å². The van der Waals surface area contributed by atoms with Gasteiger partial charge in [-0.1, -0.05) is 6.07 Å². The molecule has 2 aromatic rings. The highest BCUT2D eigenvalue weighted by Crippen LogP contribution is 2.30. The van der Waals surface area contributed by atoms with Crippen LogP contribution in [0.2, 0.25) is 0 Å². The standard InChI is InChI=1S/C12H10F3N3/c1-8-3-2-5-17-11(8)18-10-7-9(4-6-16-10)12(13,14)15/h2-7H,1H3,(H,16,17,18). The first kappa shape index (κ1) is 12.3. The van der Waals surface area contributed by atoms with E-state index in [-0.39, 0.29) is 5.82 Å². The minimum atomic E-state index is -4.38. The number of pyridine rings is 2. The van der Waals surface area contributed by atoms with Crippen molar-refractivity contribution in [1.29, 1.82) is 0 Å². The highest BCUT2D eigenvalue weighted by Gasteiger charge is 2.30. The van der Waals surface area contributed by atoms with Gasteiger partial charge in [0.1, 0.15) is 11.6 Å². The Morgan fingerprint density at radius 1 is 1.11 bits per heavy atom. The van der Waals surface area contributed by atoms with Gasteiger partial charge in [0.05, 0.1) is 5.56 Å². The average molecular weight is 253 g/mol. The lowest BCUT2D eigenvalue weighted by Gasteiger charge is -2.10. The van der Waals surface area contributed by atoms with E-state index in [1.165, 1.54) is 0 Å². The number of rotatable bonds is 2. The first-order chi connectivity index (χ1) is 8.47. The predicted octanol–water partition coefficient (Wildman–Crippen LogP) is 3.55. The number of hydrogen-bond donors (Lipinski definition) is 1. The van der Waals surface area contributed by atoms with Gasteiger partial charge in [-0.15, -0.1) is 0 Å². The molecule has 0 aliphatic heterocycles. The molecule has 3 nitrogen and oxygen atoms in total. The lowest BCUT2D eigenvalue weighted by Crippen LogP contribution is -2.06. The van der Waals surface area contributed by atoms with Crippen molar-refractivity contribution in [2.45, 2.75) is 13.1 Å². The van der Waals surface area contributed by atoms with E-state index in [9.17, 15) is 13.2 Å². The summed E-state index contributed by atoms with van der Waals surface area (Å²) in [5.74, 6) is 0.607. The zero-order valence-corrected chi connectivity index (χ0v) is 9.49. The molecular weight excluding hydrogens is 243 g/mol. The van der Waals surface area contributed by atoms with Crippen molar-refractivity contribution < 1.29 is 13.2 Å². The molecule has 0 radical (unpaired) electrons. The van der Waals surface area contributed by atoms with Gasteiger partial charge in [0.2, 0.25) is 0 Å². The van der Waals surface area contributed by atoms with Crippen LogP contribution >= 0.6 is 0 Å². The fourth-order valence-corrected chi connectivity index (χ4v) is 1.41. The molecule has 2 aromatic heterocycles. The smallest absolute Gasteiger partial charge is 0.325 e. The fourth-order valence-electron chi connectivity index (χ4n) is 1.41. The Morgan fingerprint density at radius 2 is 1.89 bits per heavy atom. The van der Waals surface area contributed by atoms with Crippen molar-refractivity contribution in [2.75, 3.05) is 5.32 Å². The van der Waals surface area contributed by atoms with Crippen molar-refractivity contribution in [1.82, 2.24) is 9.97 Å². The zero-order valence-electron chi connectivity index (χ0n) is 9.49. The second kappa shape index (κ2) is 4.64. The number of aryl methyl sites for hydroxylation is 1. The highest BCUT2D eigenvalue weighted by atomic mass is 19.4. The molecule has 0 bridgehead atoms. The number of nitrogens with one attached hydrogen (secondary N) is 1. The van der Waals surface area contributed by atoms with Crippen LogP contribution in [0.3, 0.4) is 0 Å². The van der Waals surface area contributed by atoms with Gasteiger partial charge >= 0.3 is 6.18 Å². The van der Waals surface area contributed by atoms with Crippen LogP contribution in [0.25, 0.3) is 0 Å². The Bertz CT molecular complexity index is 552. The molecule has 0 saturated carbocycles. The number of halogens is 3. The summed E-state index contributed by atoms with van der Waals surface area (Å²) < 4.78 is 37.5. The lowest BCUT2D eigenvalue weighted by atomic mass is 10.2. The molecule has 18 heavy (non-hydrogen) atoms. The van der Waals surface area contributed by atoms with Gasteiger partial charge in [-0.2, -0.15) is 13.2 Å². The van der Waals surface area contributed by atoms with Gasteiger partial charge in [-0.05, 0) is 30.7 Å². The molecule has 0 amide bonds. The quantitative estimate of drug-likeness (QED) is 0.889. The van der Waals surface area contributed by atoms with E-state index in [0.717, 1.165) is 23.9 Å². The molecule has 0 spiro atoms. The summed E-state index contributed by atoms with van der Waals surface area (Å²) >= 11 is 0. The molecular formula is C12H10F3N3. The molecule has 0 aromatic carbocycles. The number of anilines is 2. The third kappa shape index (κ3) is 2.77. The zero-order chi connectivity index (χ0) is 13.2. The fraction of sp³-hybridized carbons (Fsp3) is 0.167. The topological polar surface area (TPSA) is 37.8 Å². The highest BCUT2D eigenvalue weighted by molar-refractivity contribution is 5.55. The minimum absolute atomic E-state index is 0.117. The maximum Gasteiger partial charge on any atom is 0.416 e. The van der Waals surface area contributed by atoms with Gasteiger partial charge in [-0.3, -0.25) is 0 Å². The van der Waals surface area contributed by atoms with Crippen LogP contribution in [0.5, 0.6) is 0 Å². The molecule has 0 fully saturated rings. The first-order valence-corrected chi connectivity index (χ1v) is 5.19. The monoisotopic (exact) mass is 253 g/mol. The largest absolute Gasteiger partial charge is 0.416 e. The average Bonchev–Trinajstić information content (AvgIpc) is 2.31. The third-order valence-corrected chi connectivity index (χ3v) is 2.34. The van der Waals surface area contributed by atoms with Gasteiger partial charge in [-0.25, -0.2) is 9.97 Å². The van der Waals surface area contributed by atoms with Crippen molar-refractivity contribution in [3.8, 4) is 0 Å².